The molecule has 7 nitrogen and oxygen atoms in total. The van der Waals surface area contributed by atoms with Gasteiger partial charge in [-0.25, -0.2) is 4.39 Å². The van der Waals surface area contributed by atoms with E-state index in [1.54, 1.807) is 12.1 Å². The summed E-state index contributed by atoms with van der Waals surface area (Å²) < 4.78 is 18.6. The van der Waals surface area contributed by atoms with E-state index < -0.39 is 5.91 Å². The molecule has 1 fully saturated rings. The van der Waals surface area contributed by atoms with Crippen molar-refractivity contribution in [2.45, 2.75) is 13.5 Å². The van der Waals surface area contributed by atoms with E-state index in [1.807, 2.05) is 35.2 Å². The highest BCUT2D eigenvalue weighted by Crippen LogP contribution is 2.22. The molecule has 0 radical (unpaired) electrons. The molecular formula is C25H27FN4O3. The van der Waals surface area contributed by atoms with Crippen molar-refractivity contribution in [3.63, 3.8) is 0 Å². The van der Waals surface area contributed by atoms with Crippen LogP contribution >= 0.6 is 0 Å². The SMILES string of the molecule is CCN1CCN(C(=O)CN(Cc2ccccc2)C(=O)c2cc(-c3ccc(F)cc3)on2)CC1. The van der Waals surface area contributed by atoms with Gasteiger partial charge < -0.3 is 19.2 Å². The third kappa shape index (κ3) is 5.64. The van der Waals surface area contributed by atoms with E-state index in [4.69, 9.17) is 4.52 Å². The molecule has 4 rings (SSSR count). The standard InChI is InChI=1S/C25H27FN4O3/c1-2-28-12-14-29(15-13-28)24(31)18-30(17-19-6-4-3-5-7-19)25(32)22-16-23(33-27-22)20-8-10-21(26)11-9-20/h3-11,16H,2,12-15,17-18H2,1H3. The van der Waals surface area contributed by atoms with E-state index in [1.165, 1.54) is 23.1 Å². The summed E-state index contributed by atoms with van der Waals surface area (Å²) in [4.78, 5) is 32.0. The lowest BCUT2D eigenvalue weighted by Crippen LogP contribution is -2.51. The summed E-state index contributed by atoms with van der Waals surface area (Å²) in [5.74, 6) is -0.476. The quantitative estimate of drug-likeness (QED) is 0.553. The number of halogens is 1. The maximum Gasteiger partial charge on any atom is 0.276 e. The van der Waals surface area contributed by atoms with Crippen LogP contribution in [0.3, 0.4) is 0 Å². The van der Waals surface area contributed by atoms with Crippen molar-refractivity contribution in [2.24, 2.45) is 0 Å². The number of rotatable bonds is 7. The van der Waals surface area contributed by atoms with E-state index in [2.05, 4.69) is 17.0 Å². The first kappa shape index (κ1) is 22.7. The van der Waals surface area contributed by atoms with Gasteiger partial charge in [0.2, 0.25) is 5.91 Å². The first-order chi connectivity index (χ1) is 16.0. The molecule has 0 aliphatic carbocycles. The van der Waals surface area contributed by atoms with Crippen molar-refractivity contribution >= 4 is 11.8 Å². The van der Waals surface area contributed by atoms with Gasteiger partial charge in [0.05, 0.1) is 0 Å². The molecular weight excluding hydrogens is 423 g/mol. The van der Waals surface area contributed by atoms with Crippen LogP contribution in [0.2, 0.25) is 0 Å². The molecule has 2 heterocycles. The number of benzene rings is 2. The molecule has 0 bridgehead atoms. The number of likely N-dealkylation sites (N-methyl/N-ethyl adjacent to an activating group) is 1. The van der Waals surface area contributed by atoms with Crippen LogP contribution in [0.4, 0.5) is 4.39 Å². The Bertz CT molecular complexity index is 1080. The van der Waals surface area contributed by atoms with Gasteiger partial charge in [-0.15, -0.1) is 0 Å². The molecule has 1 aromatic heterocycles. The number of carbonyl (C=O) groups is 2. The summed E-state index contributed by atoms with van der Waals surface area (Å²) in [5.41, 5.74) is 1.63. The third-order valence-electron chi connectivity index (χ3n) is 5.86. The van der Waals surface area contributed by atoms with Gasteiger partial charge in [0.1, 0.15) is 12.4 Å². The molecule has 1 aliphatic rings. The van der Waals surface area contributed by atoms with Crippen LogP contribution in [0, 0.1) is 5.82 Å². The second-order valence-corrected chi connectivity index (χ2v) is 8.05. The summed E-state index contributed by atoms with van der Waals surface area (Å²) in [5, 5.41) is 3.93. The Morgan fingerprint density at radius 3 is 2.39 bits per heavy atom. The molecule has 1 saturated heterocycles. The highest BCUT2D eigenvalue weighted by molar-refractivity contribution is 5.95. The molecule has 0 unspecified atom stereocenters. The third-order valence-corrected chi connectivity index (χ3v) is 5.86. The maximum absolute atomic E-state index is 13.3. The number of carbonyl (C=O) groups excluding carboxylic acids is 2. The first-order valence-electron chi connectivity index (χ1n) is 11.1. The van der Waals surface area contributed by atoms with Gasteiger partial charge in [0.15, 0.2) is 11.5 Å². The fraction of sp³-hybridized carbons (Fsp3) is 0.320. The van der Waals surface area contributed by atoms with Crippen molar-refractivity contribution in [1.82, 2.24) is 19.9 Å². The molecule has 0 spiro atoms. The molecule has 8 heteroatoms. The molecule has 0 atom stereocenters. The summed E-state index contributed by atoms with van der Waals surface area (Å²) in [6, 6.07) is 16.8. The number of piperazine rings is 1. The maximum atomic E-state index is 13.3. The van der Waals surface area contributed by atoms with Gasteiger partial charge in [-0.3, -0.25) is 9.59 Å². The lowest BCUT2D eigenvalue weighted by atomic mass is 10.1. The van der Waals surface area contributed by atoms with E-state index in [0.717, 1.165) is 25.2 Å². The topological polar surface area (TPSA) is 69.9 Å². The lowest BCUT2D eigenvalue weighted by molar-refractivity contribution is -0.133. The normalized spacial score (nSPS) is 14.3. The second-order valence-electron chi connectivity index (χ2n) is 8.05. The largest absolute Gasteiger partial charge is 0.355 e. The number of hydrogen-bond acceptors (Lipinski definition) is 5. The molecule has 1 aliphatic heterocycles. The number of hydrogen-bond donors (Lipinski definition) is 0. The second kappa shape index (κ2) is 10.4. The highest BCUT2D eigenvalue weighted by Gasteiger charge is 2.27. The van der Waals surface area contributed by atoms with Gasteiger partial charge >= 0.3 is 0 Å². The van der Waals surface area contributed by atoms with Crippen LogP contribution in [0.15, 0.2) is 65.2 Å². The number of amides is 2. The predicted octanol–water partition coefficient (Wildman–Crippen LogP) is 3.29. The molecule has 2 amide bonds. The van der Waals surface area contributed by atoms with Crippen LogP contribution in [0.25, 0.3) is 11.3 Å². The average molecular weight is 451 g/mol. The van der Waals surface area contributed by atoms with Crippen molar-refractivity contribution in [3.8, 4) is 11.3 Å². The Labute approximate surface area is 192 Å². The van der Waals surface area contributed by atoms with E-state index in [0.29, 0.717) is 24.4 Å². The summed E-state index contributed by atoms with van der Waals surface area (Å²) in [6.07, 6.45) is 0. The van der Waals surface area contributed by atoms with E-state index in [-0.39, 0.29) is 30.5 Å². The average Bonchev–Trinajstić information content (AvgIpc) is 3.34. The minimum atomic E-state index is -0.392. The zero-order valence-electron chi connectivity index (χ0n) is 18.6. The molecule has 33 heavy (non-hydrogen) atoms. The van der Waals surface area contributed by atoms with Crippen LogP contribution in [0.1, 0.15) is 23.0 Å². The van der Waals surface area contributed by atoms with Gasteiger partial charge in [-0.2, -0.15) is 0 Å². The van der Waals surface area contributed by atoms with E-state index >= 15 is 0 Å². The predicted molar refractivity (Wildman–Crippen MR) is 122 cm³/mol. The van der Waals surface area contributed by atoms with Crippen LogP contribution in [-0.2, 0) is 11.3 Å². The van der Waals surface area contributed by atoms with Gasteiger partial charge in [0, 0.05) is 44.4 Å². The van der Waals surface area contributed by atoms with Gasteiger partial charge in [-0.05, 0) is 36.4 Å². The highest BCUT2D eigenvalue weighted by atomic mass is 19.1. The molecule has 2 aromatic carbocycles. The fourth-order valence-electron chi connectivity index (χ4n) is 3.87. The summed E-state index contributed by atoms with van der Waals surface area (Å²) >= 11 is 0. The Morgan fingerprint density at radius 2 is 1.73 bits per heavy atom. The number of aromatic nitrogens is 1. The first-order valence-corrected chi connectivity index (χ1v) is 11.1. The van der Waals surface area contributed by atoms with Crippen LogP contribution < -0.4 is 0 Å². The smallest absolute Gasteiger partial charge is 0.276 e. The minimum absolute atomic E-state index is 0.0431. The zero-order chi connectivity index (χ0) is 23.2. The van der Waals surface area contributed by atoms with Crippen molar-refractivity contribution in [2.75, 3.05) is 39.3 Å². The zero-order valence-corrected chi connectivity index (χ0v) is 18.6. The van der Waals surface area contributed by atoms with Crippen molar-refractivity contribution < 1.29 is 18.5 Å². The van der Waals surface area contributed by atoms with Gasteiger partial charge in [0.25, 0.3) is 5.91 Å². The van der Waals surface area contributed by atoms with Crippen molar-refractivity contribution in [3.05, 3.63) is 77.7 Å². The monoisotopic (exact) mass is 450 g/mol. The Hall–Kier alpha value is -3.52. The molecule has 172 valence electrons. The lowest BCUT2D eigenvalue weighted by Gasteiger charge is -2.35. The summed E-state index contributed by atoms with van der Waals surface area (Å²) in [7, 11) is 0. The minimum Gasteiger partial charge on any atom is -0.355 e. The molecule has 0 N–H and O–H groups in total. The van der Waals surface area contributed by atoms with Gasteiger partial charge in [-0.1, -0.05) is 42.4 Å². The summed E-state index contributed by atoms with van der Waals surface area (Å²) in [6.45, 7) is 6.27. The van der Waals surface area contributed by atoms with Crippen LogP contribution in [-0.4, -0.2) is 70.9 Å². The molecule has 3 aromatic rings. The number of nitrogens with zero attached hydrogens (tertiary/aromatic N) is 4. The Kier molecular flexibility index (Phi) is 7.14. The van der Waals surface area contributed by atoms with E-state index in [9.17, 15) is 14.0 Å². The van der Waals surface area contributed by atoms with Crippen molar-refractivity contribution in [1.29, 1.82) is 0 Å². The Balaban J connectivity index is 1.51. The van der Waals surface area contributed by atoms with Crippen LogP contribution in [0.5, 0.6) is 0 Å². The molecule has 0 saturated carbocycles. The Morgan fingerprint density at radius 1 is 1.03 bits per heavy atom. The fourth-order valence-corrected chi connectivity index (χ4v) is 3.87.